The van der Waals surface area contributed by atoms with Crippen LogP contribution in [0.15, 0.2) is 69.3 Å². The molecule has 10 heteroatoms. The molecule has 0 aliphatic heterocycles. The number of rotatable bonds is 7. The van der Waals surface area contributed by atoms with Crippen LogP contribution in [0.5, 0.6) is 23.1 Å². The van der Waals surface area contributed by atoms with E-state index in [1.807, 2.05) is 30.3 Å². The Balaban J connectivity index is 1.76. The van der Waals surface area contributed by atoms with Crippen LogP contribution in [0.4, 0.5) is 5.69 Å². The van der Waals surface area contributed by atoms with E-state index in [0.717, 1.165) is 10.0 Å². The number of halogens is 2. The Morgan fingerprint density at radius 1 is 1.03 bits per heavy atom. The fraction of sp³-hybridized carbons (Fsp3) is 0.160. The van der Waals surface area contributed by atoms with E-state index in [0.29, 0.717) is 39.7 Å². The van der Waals surface area contributed by atoms with E-state index in [9.17, 15) is 9.90 Å². The lowest BCUT2D eigenvalue weighted by atomic mass is 10.1. The van der Waals surface area contributed by atoms with Crippen molar-refractivity contribution in [2.24, 2.45) is 10.2 Å². The zero-order valence-corrected chi connectivity index (χ0v) is 21.4. The lowest BCUT2D eigenvalue weighted by molar-refractivity contribution is 0.0994. The summed E-state index contributed by atoms with van der Waals surface area (Å²) in [6.45, 7) is 0.306. The number of methoxy groups -OCH3 is 3. The van der Waals surface area contributed by atoms with Crippen molar-refractivity contribution in [2.75, 3.05) is 21.3 Å². The highest BCUT2D eigenvalue weighted by molar-refractivity contribution is 9.10. The molecule has 0 saturated carbocycles. The number of hydrogen-bond donors (Lipinski definition) is 1. The Hall–Kier alpha value is -3.56. The van der Waals surface area contributed by atoms with Gasteiger partial charge in [-0.2, -0.15) is 0 Å². The second-order valence-corrected chi connectivity index (χ2v) is 8.75. The van der Waals surface area contributed by atoms with E-state index in [-0.39, 0.29) is 17.1 Å². The average Bonchev–Trinajstić information content (AvgIpc) is 3.12. The predicted molar refractivity (Wildman–Crippen MR) is 137 cm³/mol. The van der Waals surface area contributed by atoms with Crippen LogP contribution in [0.25, 0.3) is 10.9 Å². The number of hydrogen-bond acceptors (Lipinski definition) is 6. The molecule has 4 rings (SSSR count). The molecule has 0 spiro atoms. The van der Waals surface area contributed by atoms with Gasteiger partial charge in [-0.15, -0.1) is 10.2 Å². The number of fused-ring (bicyclic) bond motifs is 1. The predicted octanol–water partition coefficient (Wildman–Crippen LogP) is 6.76. The van der Waals surface area contributed by atoms with Crippen LogP contribution in [0.1, 0.15) is 15.9 Å². The average molecular weight is 559 g/mol. The first kappa shape index (κ1) is 24.6. The maximum atomic E-state index is 12.9. The Bertz CT molecular complexity index is 1430. The van der Waals surface area contributed by atoms with Gasteiger partial charge in [0.15, 0.2) is 17.2 Å². The van der Waals surface area contributed by atoms with Gasteiger partial charge in [0.2, 0.25) is 11.6 Å². The molecule has 0 fully saturated rings. The summed E-state index contributed by atoms with van der Waals surface area (Å²) >= 11 is 9.78. The molecule has 0 unspecified atom stereocenters. The number of ether oxygens (including phenoxy) is 3. The molecular weight excluding hydrogens is 538 g/mol. The number of carbonyl (C=O) groups excluding carboxylic acids is 1. The molecule has 0 saturated heterocycles. The minimum Gasteiger partial charge on any atom is -0.493 e. The van der Waals surface area contributed by atoms with Gasteiger partial charge in [0.1, 0.15) is 0 Å². The monoisotopic (exact) mass is 557 g/mol. The zero-order chi connectivity index (χ0) is 25.1. The summed E-state index contributed by atoms with van der Waals surface area (Å²) in [4.78, 5) is 12.9. The summed E-state index contributed by atoms with van der Waals surface area (Å²) < 4.78 is 18.4. The normalized spacial score (nSPS) is 11.2. The van der Waals surface area contributed by atoms with Crippen molar-refractivity contribution in [3.8, 4) is 23.1 Å². The molecule has 0 aliphatic rings. The summed E-state index contributed by atoms with van der Waals surface area (Å²) in [5.41, 5.74) is 1.87. The van der Waals surface area contributed by atoms with Crippen molar-refractivity contribution in [3.63, 3.8) is 0 Å². The number of nitrogens with zero attached hydrogens (tertiary/aromatic N) is 3. The van der Waals surface area contributed by atoms with Gasteiger partial charge in [0.05, 0.1) is 39.0 Å². The van der Waals surface area contributed by atoms with Crippen LogP contribution in [-0.4, -0.2) is 36.9 Å². The van der Waals surface area contributed by atoms with E-state index in [1.165, 1.54) is 33.5 Å². The number of carbonyl (C=O) groups is 1. The summed E-state index contributed by atoms with van der Waals surface area (Å²) in [5.74, 6) is 0.195. The first-order chi connectivity index (χ1) is 16.9. The van der Waals surface area contributed by atoms with E-state index in [4.69, 9.17) is 25.8 Å². The molecule has 180 valence electrons. The topological polar surface area (TPSA) is 94.6 Å². The number of amides is 1. The zero-order valence-electron chi connectivity index (χ0n) is 19.1. The van der Waals surface area contributed by atoms with Gasteiger partial charge in [-0.3, -0.25) is 4.79 Å². The molecule has 4 aromatic rings. The van der Waals surface area contributed by atoms with Crippen LogP contribution >= 0.6 is 27.5 Å². The van der Waals surface area contributed by atoms with Crippen LogP contribution in [0.3, 0.4) is 0 Å². The second-order valence-electron chi connectivity index (χ2n) is 7.43. The second kappa shape index (κ2) is 10.4. The Kier molecular flexibility index (Phi) is 7.28. The van der Waals surface area contributed by atoms with E-state index >= 15 is 0 Å². The third kappa shape index (κ3) is 4.82. The smallest absolute Gasteiger partial charge is 0.295 e. The molecule has 1 aromatic heterocycles. The molecular formula is C25H21BrClN3O5. The quantitative estimate of drug-likeness (QED) is 0.253. The van der Waals surface area contributed by atoms with Crippen molar-refractivity contribution in [3.05, 3.63) is 75.2 Å². The fourth-order valence-electron chi connectivity index (χ4n) is 3.71. The van der Waals surface area contributed by atoms with Crippen LogP contribution in [0.2, 0.25) is 5.02 Å². The van der Waals surface area contributed by atoms with E-state index in [2.05, 4.69) is 26.2 Å². The SMILES string of the molecule is COc1cc(C(=O)N=Nc2c(O)n(Cc3ccccc3Cl)c3ccc(Br)cc23)cc(OC)c1OC. The summed E-state index contributed by atoms with van der Waals surface area (Å²) in [5, 5.41) is 20.2. The molecule has 0 aliphatic carbocycles. The van der Waals surface area contributed by atoms with Gasteiger partial charge in [0, 0.05) is 14.9 Å². The van der Waals surface area contributed by atoms with Gasteiger partial charge in [-0.25, -0.2) is 0 Å². The Morgan fingerprint density at radius 3 is 2.34 bits per heavy atom. The number of aromatic hydroxyl groups is 1. The molecule has 8 nitrogen and oxygen atoms in total. The number of azo groups is 1. The third-order valence-corrected chi connectivity index (χ3v) is 6.27. The first-order valence-corrected chi connectivity index (χ1v) is 11.5. The van der Waals surface area contributed by atoms with E-state index in [1.54, 1.807) is 16.7 Å². The lowest BCUT2D eigenvalue weighted by Crippen LogP contribution is -2.00. The van der Waals surface area contributed by atoms with Gasteiger partial charge in [-0.1, -0.05) is 45.7 Å². The van der Waals surface area contributed by atoms with Crippen molar-refractivity contribution < 1.29 is 24.1 Å². The van der Waals surface area contributed by atoms with Crippen molar-refractivity contribution >= 4 is 50.0 Å². The highest BCUT2D eigenvalue weighted by Crippen LogP contribution is 2.42. The first-order valence-electron chi connectivity index (χ1n) is 10.4. The highest BCUT2D eigenvalue weighted by atomic mass is 79.9. The van der Waals surface area contributed by atoms with Crippen LogP contribution < -0.4 is 14.2 Å². The van der Waals surface area contributed by atoms with Crippen LogP contribution in [0, 0.1) is 0 Å². The molecule has 3 aromatic carbocycles. The Morgan fingerprint density at radius 2 is 1.71 bits per heavy atom. The largest absolute Gasteiger partial charge is 0.493 e. The van der Waals surface area contributed by atoms with Crippen molar-refractivity contribution in [2.45, 2.75) is 6.54 Å². The van der Waals surface area contributed by atoms with Crippen LogP contribution in [-0.2, 0) is 6.54 Å². The third-order valence-electron chi connectivity index (χ3n) is 5.41. The van der Waals surface area contributed by atoms with E-state index < -0.39 is 5.91 Å². The molecule has 1 N–H and O–H groups in total. The molecule has 1 amide bonds. The fourth-order valence-corrected chi connectivity index (χ4v) is 4.27. The molecule has 0 bridgehead atoms. The molecule has 35 heavy (non-hydrogen) atoms. The minimum atomic E-state index is -0.648. The van der Waals surface area contributed by atoms with Crippen molar-refractivity contribution in [1.82, 2.24) is 4.57 Å². The maximum Gasteiger partial charge on any atom is 0.295 e. The van der Waals surface area contributed by atoms with Gasteiger partial charge in [-0.05, 0) is 42.0 Å². The van der Waals surface area contributed by atoms with Crippen molar-refractivity contribution in [1.29, 1.82) is 0 Å². The van der Waals surface area contributed by atoms with Gasteiger partial charge >= 0.3 is 0 Å². The van der Waals surface area contributed by atoms with Gasteiger partial charge < -0.3 is 23.9 Å². The highest BCUT2D eigenvalue weighted by Gasteiger charge is 2.20. The Labute approximate surface area is 214 Å². The molecule has 0 radical (unpaired) electrons. The standard InChI is InChI=1S/C25H21BrClN3O5/c1-33-20-10-15(11-21(34-2)23(20)35-3)24(31)29-28-22-17-12-16(26)8-9-19(17)30(25(22)32)13-14-6-4-5-7-18(14)27/h4-12,32H,13H2,1-3H3. The summed E-state index contributed by atoms with van der Waals surface area (Å²) in [6.07, 6.45) is 0. The lowest BCUT2D eigenvalue weighted by Gasteiger charge is -2.12. The molecule has 1 heterocycles. The molecule has 0 atom stereocenters. The maximum absolute atomic E-state index is 12.9. The summed E-state index contributed by atoms with van der Waals surface area (Å²) in [7, 11) is 4.38. The summed E-state index contributed by atoms with van der Waals surface area (Å²) in [6, 6.07) is 15.8. The minimum absolute atomic E-state index is 0.139. The number of benzene rings is 3. The number of aromatic nitrogens is 1. The van der Waals surface area contributed by atoms with Gasteiger partial charge in [0.25, 0.3) is 5.91 Å².